The minimum Gasteiger partial charge on any atom is -0.465 e. The molecule has 0 saturated carbocycles. The Morgan fingerprint density at radius 1 is 1.50 bits per heavy atom. The van der Waals surface area contributed by atoms with E-state index in [1.54, 1.807) is 6.07 Å². The minimum atomic E-state index is -0.568. The molecule has 0 aromatic heterocycles. The molecule has 0 unspecified atom stereocenters. The Morgan fingerprint density at radius 3 is 2.75 bits per heavy atom. The molecule has 0 atom stereocenters. The number of carbonyl (C=O) groups excluding carboxylic acids is 2. The highest BCUT2D eigenvalue weighted by atomic mass is 35.5. The van der Waals surface area contributed by atoms with Crippen molar-refractivity contribution in [1.82, 2.24) is 0 Å². The van der Waals surface area contributed by atoms with Gasteiger partial charge in [-0.2, -0.15) is 0 Å². The van der Waals surface area contributed by atoms with Crippen molar-refractivity contribution in [1.29, 1.82) is 0 Å². The van der Waals surface area contributed by atoms with Gasteiger partial charge in [0.15, 0.2) is 0 Å². The summed E-state index contributed by atoms with van der Waals surface area (Å²) in [5.74, 6) is -0.977. The first-order chi connectivity index (χ1) is 7.58. The maximum absolute atomic E-state index is 11.4. The second-order valence-electron chi connectivity index (χ2n) is 2.87. The molecule has 0 spiro atoms. The van der Waals surface area contributed by atoms with Gasteiger partial charge in [-0.25, -0.2) is 4.79 Å². The number of carbonyl (C=O) groups is 2. The van der Waals surface area contributed by atoms with Gasteiger partial charge >= 0.3 is 5.97 Å². The van der Waals surface area contributed by atoms with Crippen molar-refractivity contribution < 1.29 is 14.3 Å². The summed E-state index contributed by atoms with van der Waals surface area (Å²) in [4.78, 5) is 22.5. The van der Waals surface area contributed by atoms with Crippen molar-refractivity contribution in [2.24, 2.45) is 0 Å². The van der Waals surface area contributed by atoms with Crippen molar-refractivity contribution in [3.05, 3.63) is 41.4 Å². The first kappa shape index (κ1) is 12.3. The number of esters is 1. The van der Waals surface area contributed by atoms with Crippen LogP contribution in [0.1, 0.15) is 10.4 Å². The van der Waals surface area contributed by atoms with Gasteiger partial charge in [0.1, 0.15) is 0 Å². The van der Waals surface area contributed by atoms with Crippen molar-refractivity contribution in [2.45, 2.75) is 0 Å². The molecule has 0 fully saturated rings. The fourth-order valence-electron chi connectivity index (χ4n) is 1.09. The Bertz CT molecular complexity index is 443. The fourth-order valence-corrected chi connectivity index (χ4v) is 1.26. The molecule has 1 amide bonds. The molecule has 0 aliphatic carbocycles. The molecule has 0 radical (unpaired) electrons. The van der Waals surface area contributed by atoms with Crippen LogP contribution in [0.15, 0.2) is 30.9 Å². The molecule has 0 aliphatic rings. The topological polar surface area (TPSA) is 55.4 Å². The lowest BCUT2D eigenvalue weighted by Gasteiger charge is -2.08. The van der Waals surface area contributed by atoms with E-state index in [1.165, 1.54) is 19.2 Å². The number of rotatable bonds is 3. The van der Waals surface area contributed by atoms with E-state index in [0.29, 0.717) is 10.7 Å². The summed E-state index contributed by atoms with van der Waals surface area (Å²) in [6, 6.07) is 4.51. The molecule has 0 bridgehead atoms. The van der Waals surface area contributed by atoms with Gasteiger partial charge in [-0.05, 0) is 24.3 Å². The summed E-state index contributed by atoms with van der Waals surface area (Å²) in [6.45, 7) is 3.31. The summed E-state index contributed by atoms with van der Waals surface area (Å²) in [7, 11) is 1.25. The fraction of sp³-hybridized carbons (Fsp3) is 0.0909. The number of ether oxygens (including phenoxy) is 1. The van der Waals surface area contributed by atoms with Gasteiger partial charge in [0, 0.05) is 5.02 Å². The molecule has 0 heterocycles. The minimum absolute atomic E-state index is 0.199. The molecule has 1 aromatic rings. The number of halogens is 1. The van der Waals surface area contributed by atoms with Crippen molar-refractivity contribution in [2.75, 3.05) is 12.4 Å². The van der Waals surface area contributed by atoms with Gasteiger partial charge in [-0.3, -0.25) is 4.79 Å². The third-order valence-electron chi connectivity index (χ3n) is 1.83. The second kappa shape index (κ2) is 5.32. The molecular formula is C11H10ClNO3. The Morgan fingerprint density at radius 2 is 2.19 bits per heavy atom. The van der Waals surface area contributed by atoms with Gasteiger partial charge in [0.25, 0.3) is 0 Å². The monoisotopic (exact) mass is 239 g/mol. The number of hydrogen-bond donors (Lipinski definition) is 1. The van der Waals surface area contributed by atoms with E-state index in [-0.39, 0.29) is 5.56 Å². The van der Waals surface area contributed by atoms with Crippen LogP contribution in [0, 0.1) is 0 Å². The zero-order valence-corrected chi connectivity index (χ0v) is 9.38. The second-order valence-corrected chi connectivity index (χ2v) is 3.31. The van der Waals surface area contributed by atoms with Crippen LogP contribution in [0.2, 0.25) is 5.02 Å². The molecule has 4 nitrogen and oxygen atoms in total. The Kier molecular flexibility index (Phi) is 4.08. The zero-order valence-electron chi connectivity index (χ0n) is 8.62. The van der Waals surface area contributed by atoms with Crippen LogP contribution in [0.25, 0.3) is 0 Å². The molecule has 84 valence electrons. The highest BCUT2D eigenvalue weighted by Gasteiger charge is 2.13. The third kappa shape index (κ3) is 2.84. The summed E-state index contributed by atoms with van der Waals surface area (Å²) >= 11 is 5.75. The van der Waals surface area contributed by atoms with E-state index in [0.717, 1.165) is 6.08 Å². The Hall–Kier alpha value is -1.81. The number of hydrogen-bond acceptors (Lipinski definition) is 3. The summed E-state index contributed by atoms with van der Waals surface area (Å²) < 4.78 is 4.57. The van der Waals surface area contributed by atoms with Gasteiger partial charge in [-0.1, -0.05) is 18.2 Å². The van der Waals surface area contributed by atoms with Crippen LogP contribution in [0.4, 0.5) is 5.69 Å². The third-order valence-corrected chi connectivity index (χ3v) is 2.07. The molecule has 1 N–H and O–H groups in total. The lowest BCUT2D eigenvalue weighted by molar-refractivity contribution is -0.111. The number of nitrogens with one attached hydrogen (secondary N) is 1. The highest BCUT2D eigenvalue weighted by molar-refractivity contribution is 6.31. The normalized spacial score (nSPS) is 9.38. The molecular weight excluding hydrogens is 230 g/mol. The SMILES string of the molecule is C=CC(=O)Nc1ccc(Cl)cc1C(=O)OC. The predicted molar refractivity (Wildman–Crippen MR) is 61.6 cm³/mol. The zero-order chi connectivity index (χ0) is 12.1. The highest BCUT2D eigenvalue weighted by Crippen LogP contribution is 2.21. The number of benzene rings is 1. The Balaban J connectivity index is 3.12. The summed E-state index contributed by atoms with van der Waals surface area (Å²) in [5.41, 5.74) is 0.534. The van der Waals surface area contributed by atoms with Crippen molar-refractivity contribution in [3.8, 4) is 0 Å². The largest absolute Gasteiger partial charge is 0.465 e. The van der Waals surface area contributed by atoms with Gasteiger partial charge in [-0.15, -0.1) is 0 Å². The Labute approximate surface area is 97.9 Å². The predicted octanol–water partition coefficient (Wildman–Crippen LogP) is 2.25. The van der Waals surface area contributed by atoms with Crippen LogP contribution in [-0.4, -0.2) is 19.0 Å². The standard InChI is InChI=1S/C11H10ClNO3/c1-3-10(14)13-9-5-4-7(12)6-8(9)11(15)16-2/h3-6H,1H2,2H3,(H,13,14). The molecule has 16 heavy (non-hydrogen) atoms. The maximum atomic E-state index is 11.4. The number of anilines is 1. The summed E-state index contributed by atoms with van der Waals surface area (Å²) in [6.07, 6.45) is 1.11. The lowest BCUT2D eigenvalue weighted by Crippen LogP contribution is -2.12. The van der Waals surface area contributed by atoms with Crippen LogP contribution >= 0.6 is 11.6 Å². The van der Waals surface area contributed by atoms with E-state index in [2.05, 4.69) is 16.6 Å². The van der Waals surface area contributed by atoms with Crippen molar-refractivity contribution >= 4 is 29.2 Å². The average molecular weight is 240 g/mol. The molecule has 1 rings (SSSR count). The van der Waals surface area contributed by atoms with E-state index in [1.807, 2.05) is 0 Å². The van der Waals surface area contributed by atoms with E-state index in [9.17, 15) is 9.59 Å². The molecule has 5 heteroatoms. The average Bonchev–Trinajstić information content (AvgIpc) is 2.30. The van der Waals surface area contributed by atoms with E-state index < -0.39 is 11.9 Å². The molecule has 0 saturated heterocycles. The first-order valence-electron chi connectivity index (χ1n) is 4.39. The van der Waals surface area contributed by atoms with Crippen LogP contribution in [0.5, 0.6) is 0 Å². The van der Waals surface area contributed by atoms with E-state index >= 15 is 0 Å². The molecule has 1 aromatic carbocycles. The van der Waals surface area contributed by atoms with Gasteiger partial charge in [0.05, 0.1) is 18.4 Å². The smallest absolute Gasteiger partial charge is 0.340 e. The maximum Gasteiger partial charge on any atom is 0.340 e. The van der Waals surface area contributed by atoms with Crippen LogP contribution < -0.4 is 5.32 Å². The van der Waals surface area contributed by atoms with Gasteiger partial charge < -0.3 is 10.1 Å². The van der Waals surface area contributed by atoms with E-state index in [4.69, 9.17) is 11.6 Å². The summed E-state index contributed by atoms with van der Waals surface area (Å²) in [5, 5.41) is 2.87. The van der Waals surface area contributed by atoms with Gasteiger partial charge in [0.2, 0.25) is 5.91 Å². The van der Waals surface area contributed by atoms with Crippen LogP contribution in [0.3, 0.4) is 0 Å². The van der Waals surface area contributed by atoms with Crippen molar-refractivity contribution in [3.63, 3.8) is 0 Å². The molecule has 0 aliphatic heterocycles. The number of amides is 1. The quantitative estimate of drug-likeness (QED) is 0.650. The number of methoxy groups -OCH3 is 1. The van der Waals surface area contributed by atoms with Crippen LogP contribution in [-0.2, 0) is 9.53 Å². The first-order valence-corrected chi connectivity index (χ1v) is 4.77. The lowest BCUT2D eigenvalue weighted by atomic mass is 10.2.